The van der Waals surface area contributed by atoms with Crippen molar-refractivity contribution in [3.8, 4) is 0 Å². The minimum atomic E-state index is -4.96. The monoisotopic (exact) mass is 525 g/mol. The van der Waals surface area contributed by atoms with E-state index in [9.17, 15) is 31.1 Å². The molecule has 2 aromatic carbocycles. The quantitative estimate of drug-likeness (QED) is 0.351. The number of anilines is 1. The van der Waals surface area contributed by atoms with E-state index < -0.39 is 47.4 Å². The predicted molar refractivity (Wildman–Crippen MR) is 125 cm³/mol. The summed E-state index contributed by atoms with van der Waals surface area (Å²) in [4.78, 5) is 14.6. The average Bonchev–Trinajstić information content (AvgIpc) is 3.39. The molecule has 2 aliphatic rings. The maximum atomic E-state index is 13.5. The summed E-state index contributed by atoms with van der Waals surface area (Å²) in [5.41, 5.74) is -2.31. The minimum Gasteiger partial charge on any atom is -0.444 e. The van der Waals surface area contributed by atoms with Crippen molar-refractivity contribution >= 4 is 22.7 Å². The Balaban J connectivity index is 1.60. The fourth-order valence-corrected chi connectivity index (χ4v) is 5.37. The minimum absolute atomic E-state index is 0.112. The second-order valence-corrected chi connectivity index (χ2v) is 10.5. The van der Waals surface area contributed by atoms with Crippen molar-refractivity contribution in [2.24, 2.45) is 5.92 Å². The maximum Gasteiger partial charge on any atom is 0.416 e. The number of carbonyl (C=O) groups excluding carboxylic acids is 1. The van der Waals surface area contributed by atoms with Gasteiger partial charge in [-0.2, -0.15) is 26.3 Å². The van der Waals surface area contributed by atoms with Gasteiger partial charge in [-0.25, -0.2) is 4.79 Å². The van der Waals surface area contributed by atoms with Crippen molar-refractivity contribution in [3.05, 3.63) is 65.4 Å². The first kappa shape index (κ1) is 25.3. The summed E-state index contributed by atoms with van der Waals surface area (Å²) in [5.74, 6) is -0.332. The topological polar surface area (TPSA) is 46.5 Å². The SMILES string of the molecule is CC(C)(C)OC(=O)N1CC[C@@H]2[C@H]1n1ccc3cccc(c31)[C@@H]2Nc1cc(C(F)(F)F)cc(C(F)(F)F)c1. The molecule has 1 N–H and O–H groups in total. The van der Waals surface area contributed by atoms with Crippen LogP contribution in [0, 0.1) is 5.92 Å². The summed E-state index contributed by atoms with van der Waals surface area (Å²) in [5, 5.41) is 3.83. The summed E-state index contributed by atoms with van der Waals surface area (Å²) in [6.07, 6.45) is -8.65. The second kappa shape index (κ2) is 8.32. The van der Waals surface area contributed by atoms with E-state index in [0.29, 0.717) is 25.1 Å². The van der Waals surface area contributed by atoms with Crippen LogP contribution in [0.15, 0.2) is 48.7 Å². The summed E-state index contributed by atoms with van der Waals surface area (Å²) in [6, 6.07) is 8.19. The second-order valence-electron chi connectivity index (χ2n) is 10.5. The standard InChI is InChI=1S/C26H25F6N3O2/c1-24(2,3)37-23(36)35-10-8-19-20(18-6-4-5-14-7-9-34(21(14)18)22(19)35)33-17-12-15(25(27,28)29)11-16(13-17)26(30,31)32/h4-7,9,11-13,19-20,22,33H,8,10H2,1-3H3/t19-,20-,22-/m0/s1. The van der Waals surface area contributed by atoms with Crippen LogP contribution in [0.4, 0.5) is 36.8 Å². The van der Waals surface area contributed by atoms with Gasteiger partial charge in [-0.05, 0) is 62.4 Å². The number of aromatic nitrogens is 1. The van der Waals surface area contributed by atoms with E-state index in [1.165, 1.54) is 0 Å². The Labute approximate surface area is 209 Å². The van der Waals surface area contributed by atoms with Gasteiger partial charge in [0.25, 0.3) is 0 Å². The molecule has 1 amide bonds. The van der Waals surface area contributed by atoms with Crippen LogP contribution in [0.1, 0.15) is 56.1 Å². The van der Waals surface area contributed by atoms with E-state index in [1.807, 2.05) is 22.9 Å². The number of para-hydroxylation sites is 1. The van der Waals surface area contributed by atoms with Gasteiger partial charge in [-0.15, -0.1) is 0 Å². The third kappa shape index (κ3) is 4.59. The van der Waals surface area contributed by atoms with E-state index in [2.05, 4.69) is 5.32 Å². The molecule has 0 unspecified atom stereocenters. The summed E-state index contributed by atoms with van der Waals surface area (Å²) >= 11 is 0. The Kier molecular flexibility index (Phi) is 5.69. The molecule has 1 fully saturated rings. The number of alkyl halides is 6. The number of nitrogens with one attached hydrogen (secondary N) is 1. The van der Waals surface area contributed by atoms with Gasteiger partial charge in [0, 0.05) is 24.3 Å². The number of benzene rings is 2. The highest BCUT2D eigenvalue weighted by Gasteiger charge is 2.48. The lowest BCUT2D eigenvalue weighted by Crippen LogP contribution is -2.42. The highest BCUT2D eigenvalue weighted by Crippen LogP contribution is 2.50. The third-order valence-electron chi connectivity index (χ3n) is 6.76. The van der Waals surface area contributed by atoms with Crippen molar-refractivity contribution in [1.29, 1.82) is 0 Å². The molecule has 1 saturated heterocycles. The molecule has 37 heavy (non-hydrogen) atoms. The Morgan fingerprint density at radius 2 is 1.62 bits per heavy atom. The zero-order valence-corrected chi connectivity index (χ0v) is 20.2. The van der Waals surface area contributed by atoms with Crippen molar-refractivity contribution < 1.29 is 35.9 Å². The molecule has 3 aromatic rings. The number of rotatable bonds is 2. The fourth-order valence-electron chi connectivity index (χ4n) is 5.37. The number of nitrogens with zero attached hydrogens (tertiary/aromatic N) is 2. The van der Waals surface area contributed by atoms with Crippen molar-refractivity contribution in [3.63, 3.8) is 0 Å². The number of fused-ring (bicyclic) bond motifs is 2. The Bertz CT molecular complexity index is 1320. The first-order valence-electron chi connectivity index (χ1n) is 11.8. The van der Waals surface area contributed by atoms with Gasteiger partial charge in [0.05, 0.1) is 22.7 Å². The molecule has 0 saturated carbocycles. The van der Waals surface area contributed by atoms with Gasteiger partial charge in [-0.3, -0.25) is 4.90 Å². The van der Waals surface area contributed by atoms with Gasteiger partial charge in [0.1, 0.15) is 11.8 Å². The summed E-state index contributed by atoms with van der Waals surface area (Å²) in [7, 11) is 0. The molecular weight excluding hydrogens is 500 g/mol. The van der Waals surface area contributed by atoms with E-state index in [-0.39, 0.29) is 17.7 Å². The molecule has 3 atom stereocenters. The molecule has 5 nitrogen and oxygen atoms in total. The number of halogens is 6. The van der Waals surface area contributed by atoms with E-state index in [0.717, 1.165) is 16.5 Å². The van der Waals surface area contributed by atoms with Crippen LogP contribution in [0.2, 0.25) is 0 Å². The molecule has 2 aliphatic heterocycles. The number of likely N-dealkylation sites (tertiary alicyclic amines) is 1. The predicted octanol–water partition coefficient (Wildman–Crippen LogP) is 7.60. The number of carbonyl (C=O) groups is 1. The van der Waals surface area contributed by atoms with Crippen LogP contribution in [0.3, 0.4) is 0 Å². The normalized spacial score (nSPS) is 21.8. The summed E-state index contributed by atoms with van der Waals surface area (Å²) in [6.45, 7) is 5.57. The third-order valence-corrected chi connectivity index (χ3v) is 6.76. The lowest BCUT2D eigenvalue weighted by molar-refractivity contribution is -0.143. The van der Waals surface area contributed by atoms with Gasteiger partial charge in [0.2, 0.25) is 0 Å². The van der Waals surface area contributed by atoms with Crippen LogP contribution in [0.25, 0.3) is 10.9 Å². The maximum absolute atomic E-state index is 13.5. The molecule has 0 aliphatic carbocycles. The Morgan fingerprint density at radius 3 is 2.22 bits per heavy atom. The van der Waals surface area contributed by atoms with Crippen LogP contribution in [-0.2, 0) is 17.1 Å². The van der Waals surface area contributed by atoms with Crippen LogP contribution >= 0.6 is 0 Å². The smallest absolute Gasteiger partial charge is 0.416 e. The average molecular weight is 525 g/mol. The fraction of sp³-hybridized carbons (Fsp3) is 0.423. The van der Waals surface area contributed by atoms with Gasteiger partial charge < -0.3 is 14.6 Å². The van der Waals surface area contributed by atoms with Crippen LogP contribution in [-0.4, -0.2) is 27.7 Å². The zero-order chi connectivity index (χ0) is 26.9. The van der Waals surface area contributed by atoms with E-state index in [4.69, 9.17) is 4.74 Å². The largest absolute Gasteiger partial charge is 0.444 e. The number of ether oxygens (including phenoxy) is 1. The first-order chi connectivity index (χ1) is 17.1. The first-order valence-corrected chi connectivity index (χ1v) is 11.8. The molecule has 0 spiro atoms. The Hall–Kier alpha value is -3.37. The Morgan fingerprint density at radius 1 is 0.973 bits per heavy atom. The molecular formula is C26H25F6N3O2. The number of hydrogen-bond acceptors (Lipinski definition) is 3. The highest BCUT2D eigenvalue weighted by atomic mass is 19.4. The van der Waals surface area contributed by atoms with Gasteiger partial charge in [0.15, 0.2) is 0 Å². The van der Waals surface area contributed by atoms with Crippen molar-refractivity contribution in [2.45, 2.75) is 57.4 Å². The van der Waals surface area contributed by atoms with E-state index >= 15 is 0 Å². The number of hydrogen-bond donors (Lipinski definition) is 1. The van der Waals surface area contributed by atoms with E-state index in [1.54, 1.807) is 37.8 Å². The van der Waals surface area contributed by atoms with Crippen molar-refractivity contribution in [1.82, 2.24) is 9.47 Å². The van der Waals surface area contributed by atoms with Crippen LogP contribution < -0.4 is 5.32 Å². The zero-order valence-electron chi connectivity index (χ0n) is 20.2. The lowest BCUT2D eigenvalue weighted by Gasteiger charge is -2.40. The van der Waals surface area contributed by atoms with Gasteiger partial charge in [-0.1, -0.05) is 18.2 Å². The summed E-state index contributed by atoms with van der Waals surface area (Å²) < 4.78 is 88.5. The highest BCUT2D eigenvalue weighted by molar-refractivity contribution is 5.85. The molecule has 1 aromatic heterocycles. The lowest BCUT2D eigenvalue weighted by atomic mass is 9.85. The molecule has 198 valence electrons. The van der Waals surface area contributed by atoms with Crippen LogP contribution in [0.5, 0.6) is 0 Å². The molecule has 5 rings (SSSR count). The molecule has 0 bridgehead atoms. The molecule has 11 heteroatoms. The molecule has 3 heterocycles. The molecule has 0 radical (unpaired) electrons. The number of amides is 1. The van der Waals surface area contributed by atoms with Crippen molar-refractivity contribution in [2.75, 3.05) is 11.9 Å². The van der Waals surface area contributed by atoms with Gasteiger partial charge >= 0.3 is 18.4 Å².